The van der Waals surface area contributed by atoms with Gasteiger partial charge in [-0.2, -0.15) is 0 Å². The van der Waals surface area contributed by atoms with Gasteiger partial charge in [-0.05, 0) is 17.7 Å². The van der Waals surface area contributed by atoms with E-state index in [1.165, 1.54) is 0 Å². The van der Waals surface area contributed by atoms with Gasteiger partial charge in [0.15, 0.2) is 0 Å². The molecule has 0 spiro atoms. The molecule has 5 heteroatoms. The van der Waals surface area contributed by atoms with Gasteiger partial charge in [0.25, 0.3) is 5.91 Å². The zero-order chi connectivity index (χ0) is 14.5. The molecule has 0 saturated carbocycles. The lowest BCUT2D eigenvalue weighted by Gasteiger charge is -2.07. The van der Waals surface area contributed by atoms with Gasteiger partial charge in [0, 0.05) is 0 Å². The zero-order valence-electron chi connectivity index (χ0n) is 11.4. The minimum absolute atomic E-state index is 0.176. The first kappa shape index (κ1) is 13.3. The van der Waals surface area contributed by atoms with Crippen LogP contribution in [0.3, 0.4) is 0 Å². The van der Waals surface area contributed by atoms with Crippen LogP contribution in [0.5, 0.6) is 0 Å². The van der Waals surface area contributed by atoms with Gasteiger partial charge in [-0.15, -0.1) is 0 Å². The molecule has 0 radical (unpaired) electrons. The number of hydroxylamine groups is 1. The maximum Gasteiger partial charge on any atom is 0.263 e. The van der Waals surface area contributed by atoms with Crippen LogP contribution in [0.4, 0.5) is 0 Å². The SMILES string of the molecule is O=C(Cn1cnc2ccccc21)NOCc1ccccc1. The number of amides is 1. The topological polar surface area (TPSA) is 56.2 Å². The molecule has 0 aliphatic carbocycles. The fraction of sp³-hybridized carbons (Fsp3) is 0.125. The standard InChI is InChI=1S/C16H15N3O2/c20-16(18-21-11-13-6-2-1-3-7-13)10-19-12-17-14-8-4-5-9-15(14)19/h1-9,12H,10-11H2,(H,18,20). The fourth-order valence-corrected chi connectivity index (χ4v) is 2.10. The number of fused-ring (bicyclic) bond motifs is 1. The molecular formula is C16H15N3O2. The number of aromatic nitrogens is 2. The molecule has 1 aromatic heterocycles. The average molecular weight is 281 g/mol. The van der Waals surface area contributed by atoms with Crippen molar-refractivity contribution in [1.29, 1.82) is 0 Å². The second-order valence-electron chi connectivity index (χ2n) is 4.66. The van der Waals surface area contributed by atoms with E-state index in [4.69, 9.17) is 4.84 Å². The van der Waals surface area contributed by atoms with Gasteiger partial charge in [-0.25, -0.2) is 10.5 Å². The second-order valence-corrected chi connectivity index (χ2v) is 4.66. The maximum absolute atomic E-state index is 11.9. The molecule has 3 rings (SSSR count). The van der Waals surface area contributed by atoms with Gasteiger partial charge < -0.3 is 4.57 Å². The Bertz CT molecular complexity index is 737. The molecule has 106 valence electrons. The normalized spacial score (nSPS) is 10.7. The molecule has 1 N–H and O–H groups in total. The van der Waals surface area contributed by atoms with E-state index in [2.05, 4.69) is 10.5 Å². The van der Waals surface area contributed by atoms with Gasteiger partial charge in [0.05, 0.1) is 24.0 Å². The van der Waals surface area contributed by atoms with E-state index < -0.39 is 0 Å². The number of imidazole rings is 1. The Morgan fingerprint density at radius 2 is 1.86 bits per heavy atom. The highest BCUT2D eigenvalue weighted by Gasteiger charge is 2.06. The summed E-state index contributed by atoms with van der Waals surface area (Å²) in [6, 6.07) is 17.4. The second kappa shape index (κ2) is 6.19. The average Bonchev–Trinajstić information content (AvgIpc) is 2.92. The number of carbonyl (C=O) groups excluding carboxylic acids is 1. The van der Waals surface area contributed by atoms with Crippen molar-refractivity contribution in [1.82, 2.24) is 15.0 Å². The molecule has 0 aliphatic heterocycles. The lowest BCUT2D eigenvalue weighted by Crippen LogP contribution is -2.27. The third-order valence-corrected chi connectivity index (χ3v) is 3.11. The van der Waals surface area contributed by atoms with Gasteiger partial charge in [-0.1, -0.05) is 42.5 Å². The summed E-state index contributed by atoms with van der Waals surface area (Å²) in [4.78, 5) is 21.3. The highest BCUT2D eigenvalue weighted by molar-refractivity contribution is 5.79. The number of rotatable bonds is 5. The number of hydrogen-bond donors (Lipinski definition) is 1. The van der Waals surface area contributed by atoms with Crippen LogP contribution in [0.2, 0.25) is 0 Å². The van der Waals surface area contributed by atoms with Crippen LogP contribution in [0.15, 0.2) is 60.9 Å². The van der Waals surface area contributed by atoms with Crippen molar-refractivity contribution in [3.63, 3.8) is 0 Å². The molecule has 1 amide bonds. The molecule has 3 aromatic rings. The van der Waals surface area contributed by atoms with E-state index >= 15 is 0 Å². The number of para-hydroxylation sites is 2. The molecule has 21 heavy (non-hydrogen) atoms. The summed E-state index contributed by atoms with van der Waals surface area (Å²) in [5.74, 6) is -0.214. The van der Waals surface area contributed by atoms with Crippen LogP contribution < -0.4 is 5.48 Å². The molecule has 2 aromatic carbocycles. The van der Waals surface area contributed by atoms with Crippen molar-refractivity contribution in [2.24, 2.45) is 0 Å². The molecule has 0 fully saturated rings. The van der Waals surface area contributed by atoms with E-state index in [1.807, 2.05) is 54.6 Å². The molecule has 0 saturated heterocycles. The lowest BCUT2D eigenvalue weighted by atomic mass is 10.2. The highest BCUT2D eigenvalue weighted by atomic mass is 16.6. The summed E-state index contributed by atoms with van der Waals surface area (Å²) in [7, 11) is 0. The quantitative estimate of drug-likeness (QED) is 0.730. The largest absolute Gasteiger partial charge is 0.321 e. The fourth-order valence-electron chi connectivity index (χ4n) is 2.10. The maximum atomic E-state index is 11.9. The summed E-state index contributed by atoms with van der Waals surface area (Å²) < 4.78 is 1.79. The zero-order valence-corrected chi connectivity index (χ0v) is 11.4. The number of benzene rings is 2. The number of hydrogen-bond acceptors (Lipinski definition) is 3. The van der Waals surface area contributed by atoms with Crippen molar-refractivity contribution in [3.8, 4) is 0 Å². The predicted octanol–water partition coefficient (Wildman–Crippen LogP) is 2.28. The Labute approximate surface area is 122 Å². The summed E-state index contributed by atoms with van der Waals surface area (Å²) in [5.41, 5.74) is 5.25. The lowest BCUT2D eigenvalue weighted by molar-refractivity contribution is -0.135. The Hall–Kier alpha value is -2.66. The third-order valence-electron chi connectivity index (χ3n) is 3.11. The summed E-state index contributed by atoms with van der Waals surface area (Å²) >= 11 is 0. The molecule has 0 atom stereocenters. The Morgan fingerprint density at radius 3 is 2.71 bits per heavy atom. The van der Waals surface area contributed by atoms with Crippen LogP contribution in [0.1, 0.15) is 5.56 Å². The van der Waals surface area contributed by atoms with Gasteiger partial charge in [0.2, 0.25) is 0 Å². The van der Waals surface area contributed by atoms with Gasteiger partial charge >= 0.3 is 0 Å². The number of carbonyl (C=O) groups is 1. The molecule has 0 bridgehead atoms. The van der Waals surface area contributed by atoms with Crippen molar-refractivity contribution in [2.75, 3.05) is 0 Å². The van der Waals surface area contributed by atoms with Crippen molar-refractivity contribution in [2.45, 2.75) is 13.2 Å². The molecule has 0 aliphatic rings. The third kappa shape index (κ3) is 3.27. The summed E-state index contributed by atoms with van der Waals surface area (Å²) in [5, 5.41) is 0. The Morgan fingerprint density at radius 1 is 1.10 bits per heavy atom. The van der Waals surface area contributed by atoms with Crippen LogP contribution >= 0.6 is 0 Å². The Kier molecular flexibility index (Phi) is 3.93. The minimum Gasteiger partial charge on any atom is -0.321 e. The highest BCUT2D eigenvalue weighted by Crippen LogP contribution is 2.11. The van der Waals surface area contributed by atoms with Gasteiger partial charge in [0.1, 0.15) is 6.54 Å². The van der Waals surface area contributed by atoms with E-state index in [-0.39, 0.29) is 12.5 Å². The van der Waals surface area contributed by atoms with Crippen molar-refractivity contribution in [3.05, 3.63) is 66.5 Å². The minimum atomic E-state index is -0.214. The van der Waals surface area contributed by atoms with Crippen LogP contribution in [-0.2, 0) is 22.8 Å². The molecule has 1 heterocycles. The van der Waals surface area contributed by atoms with Crippen LogP contribution in [-0.4, -0.2) is 15.5 Å². The predicted molar refractivity (Wildman–Crippen MR) is 79.1 cm³/mol. The molecule has 0 unspecified atom stereocenters. The van der Waals surface area contributed by atoms with E-state index in [0.29, 0.717) is 6.61 Å². The van der Waals surface area contributed by atoms with Crippen molar-refractivity contribution >= 4 is 16.9 Å². The monoisotopic (exact) mass is 281 g/mol. The van der Waals surface area contributed by atoms with Crippen LogP contribution in [0, 0.1) is 0 Å². The first-order chi connectivity index (χ1) is 10.3. The van der Waals surface area contributed by atoms with E-state index in [0.717, 1.165) is 16.6 Å². The van der Waals surface area contributed by atoms with E-state index in [1.54, 1.807) is 10.9 Å². The van der Waals surface area contributed by atoms with E-state index in [9.17, 15) is 4.79 Å². The van der Waals surface area contributed by atoms with Crippen LogP contribution in [0.25, 0.3) is 11.0 Å². The molecular weight excluding hydrogens is 266 g/mol. The first-order valence-corrected chi connectivity index (χ1v) is 6.67. The molecule has 5 nitrogen and oxygen atoms in total. The number of nitrogens with zero attached hydrogens (tertiary/aromatic N) is 2. The summed E-state index contributed by atoms with van der Waals surface area (Å²) in [6.07, 6.45) is 1.65. The van der Waals surface area contributed by atoms with Gasteiger partial charge in [-0.3, -0.25) is 9.63 Å². The first-order valence-electron chi connectivity index (χ1n) is 6.67. The summed E-state index contributed by atoms with van der Waals surface area (Å²) in [6.45, 7) is 0.520. The smallest absolute Gasteiger partial charge is 0.263 e. The van der Waals surface area contributed by atoms with Crippen molar-refractivity contribution < 1.29 is 9.63 Å². The number of nitrogens with one attached hydrogen (secondary N) is 1. The Balaban J connectivity index is 1.55.